The fraction of sp³-hybridized carbons (Fsp3) is 0.100. The van der Waals surface area contributed by atoms with Crippen LogP contribution in [0, 0.1) is 12.7 Å². The average Bonchev–Trinajstić information content (AvgIpc) is 2.92. The highest BCUT2D eigenvalue weighted by atomic mass is 32.2. The van der Waals surface area contributed by atoms with Gasteiger partial charge in [0.05, 0.1) is 9.80 Å². The Morgan fingerprint density at radius 3 is 2.50 bits per heavy atom. The molecule has 0 atom stereocenters. The number of halogens is 1. The number of amidine groups is 1. The summed E-state index contributed by atoms with van der Waals surface area (Å²) >= 11 is 0.889. The minimum atomic E-state index is -4.00. The molecule has 0 aliphatic carbocycles. The lowest BCUT2D eigenvalue weighted by Crippen LogP contribution is -2.29. The van der Waals surface area contributed by atoms with Gasteiger partial charge in [0.25, 0.3) is 15.9 Å². The number of benzene rings is 2. The highest BCUT2D eigenvalue weighted by molar-refractivity contribution is 8.19. The van der Waals surface area contributed by atoms with Gasteiger partial charge in [-0.2, -0.15) is 8.42 Å². The number of carbonyl (C=O) groups excluding carboxylic acids is 1. The Morgan fingerprint density at radius 1 is 1.18 bits per heavy atom. The molecule has 1 fully saturated rings. The number of aryl methyl sites for hydroxylation is 1. The van der Waals surface area contributed by atoms with Crippen LogP contribution in [0.5, 0.6) is 0 Å². The minimum Gasteiger partial charge on any atom is -0.282 e. The number of hydrogen-bond acceptors (Lipinski definition) is 4. The van der Waals surface area contributed by atoms with Crippen molar-refractivity contribution in [3.63, 3.8) is 0 Å². The number of hydrogen-bond donors (Lipinski definition) is 0. The van der Waals surface area contributed by atoms with Crippen molar-refractivity contribution in [3.05, 3.63) is 83.0 Å². The van der Waals surface area contributed by atoms with Gasteiger partial charge in [-0.3, -0.25) is 9.69 Å². The highest BCUT2D eigenvalue weighted by Gasteiger charge is 2.34. The van der Waals surface area contributed by atoms with E-state index in [0.29, 0.717) is 0 Å². The van der Waals surface area contributed by atoms with Crippen LogP contribution < -0.4 is 0 Å². The van der Waals surface area contributed by atoms with E-state index in [2.05, 4.69) is 11.0 Å². The van der Waals surface area contributed by atoms with Gasteiger partial charge in [-0.05, 0) is 43.0 Å². The van der Waals surface area contributed by atoms with E-state index in [1.54, 1.807) is 24.3 Å². The molecule has 28 heavy (non-hydrogen) atoms. The summed E-state index contributed by atoms with van der Waals surface area (Å²) in [6.45, 7) is 5.53. The van der Waals surface area contributed by atoms with Gasteiger partial charge in [0, 0.05) is 12.1 Å². The molecule has 1 heterocycles. The van der Waals surface area contributed by atoms with E-state index in [9.17, 15) is 17.6 Å². The first kappa shape index (κ1) is 20.0. The number of thioether (sulfide) groups is 1. The topological polar surface area (TPSA) is 66.8 Å². The van der Waals surface area contributed by atoms with Crippen molar-refractivity contribution in [1.82, 2.24) is 4.90 Å². The van der Waals surface area contributed by atoms with Crippen LogP contribution in [-0.2, 0) is 14.8 Å². The molecule has 2 aromatic rings. The number of sulfonamides is 1. The summed E-state index contributed by atoms with van der Waals surface area (Å²) in [6, 6.07) is 12.3. The van der Waals surface area contributed by atoms with E-state index >= 15 is 0 Å². The van der Waals surface area contributed by atoms with E-state index in [0.717, 1.165) is 17.3 Å². The van der Waals surface area contributed by atoms with Crippen LogP contribution >= 0.6 is 11.8 Å². The third-order valence-corrected chi connectivity index (χ3v) is 6.31. The molecule has 0 bridgehead atoms. The normalized spacial score (nSPS) is 17.5. The highest BCUT2D eigenvalue weighted by Crippen LogP contribution is 2.34. The molecule has 0 radical (unpaired) electrons. The number of carbonyl (C=O) groups is 1. The Labute approximate surface area is 167 Å². The second-order valence-electron chi connectivity index (χ2n) is 6.00. The lowest BCUT2D eigenvalue weighted by molar-refractivity contribution is -0.121. The van der Waals surface area contributed by atoms with Crippen molar-refractivity contribution in [3.8, 4) is 0 Å². The monoisotopic (exact) mass is 416 g/mol. The first-order valence-corrected chi connectivity index (χ1v) is 10.6. The predicted octanol–water partition coefficient (Wildman–Crippen LogP) is 3.98. The lowest BCUT2D eigenvalue weighted by atomic mass is 10.2. The van der Waals surface area contributed by atoms with E-state index in [-0.39, 0.29) is 27.1 Å². The van der Waals surface area contributed by atoms with Crippen LogP contribution in [0.3, 0.4) is 0 Å². The third kappa shape index (κ3) is 4.23. The van der Waals surface area contributed by atoms with Crippen LogP contribution in [0.2, 0.25) is 0 Å². The van der Waals surface area contributed by atoms with Crippen LogP contribution in [-0.4, -0.2) is 30.9 Å². The Morgan fingerprint density at radius 2 is 1.86 bits per heavy atom. The van der Waals surface area contributed by atoms with Crippen molar-refractivity contribution in [2.24, 2.45) is 4.40 Å². The Bertz CT molecular complexity index is 1090. The Kier molecular flexibility index (Phi) is 5.81. The van der Waals surface area contributed by atoms with E-state index in [1.165, 1.54) is 41.3 Å². The van der Waals surface area contributed by atoms with Crippen molar-refractivity contribution in [1.29, 1.82) is 0 Å². The SMILES string of the molecule is C=CCN1C(=O)C(=Cc2ccccc2F)SC1=NS(=O)(=O)c1ccc(C)cc1. The molecule has 0 spiro atoms. The molecule has 0 saturated carbocycles. The van der Waals surface area contributed by atoms with Gasteiger partial charge in [-0.25, -0.2) is 4.39 Å². The quantitative estimate of drug-likeness (QED) is 0.546. The molecule has 1 amide bonds. The maximum atomic E-state index is 13.9. The van der Waals surface area contributed by atoms with Gasteiger partial charge in [-0.15, -0.1) is 11.0 Å². The summed E-state index contributed by atoms with van der Waals surface area (Å²) < 4.78 is 43.0. The molecule has 8 heteroatoms. The third-order valence-electron chi connectivity index (χ3n) is 3.91. The van der Waals surface area contributed by atoms with Gasteiger partial charge >= 0.3 is 0 Å². The first-order chi connectivity index (χ1) is 13.3. The molecule has 0 unspecified atom stereocenters. The van der Waals surface area contributed by atoms with Gasteiger partial charge in [0.15, 0.2) is 5.17 Å². The summed E-state index contributed by atoms with van der Waals surface area (Å²) in [5, 5.41) is 0.00747. The zero-order chi connectivity index (χ0) is 20.3. The molecule has 3 rings (SSSR count). The molecule has 1 saturated heterocycles. The average molecular weight is 416 g/mol. The number of rotatable bonds is 5. The summed E-state index contributed by atoms with van der Waals surface area (Å²) in [7, 11) is -4.00. The zero-order valence-electron chi connectivity index (χ0n) is 15.0. The molecule has 2 aromatic carbocycles. The second-order valence-corrected chi connectivity index (χ2v) is 8.61. The minimum absolute atomic E-state index is 0.00747. The largest absolute Gasteiger partial charge is 0.284 e. The van der Waals surface area contributed by atoms with Gasteiger partial charge in [0.1, 0.15) is 5.82 Å². The molecule has 0 aromatic heterocycles. The second kappa shape index (κ2) is 8.12. The summed E-state index contributed by atoms with van der Waals surface area (Å²) in [4.78, 5) is 14.1. The maximum Gasteiger partial charge on any atom is 0.284 e. The molecular formula is C20H17FN2O3S2. The van der Waals surface area contributed by atoms with Crippen LogP contribution in [0.4, 0.5) is 4.39 Å². The molecular weight excluding hydrogens is 399 g/mol. The van der Waals surface area contributed by atoms with Crippen LogP contribution in [0.1, 0.15) is 11.1 Å². The molecule has 5 nitrogen and oxygen atoms in total. The van der Waals surface area contributed by atoms with Gasteiger partial charge in [-0.1, -0.05) is 42.0 Å². The number of nitrogens with zero attached hydrogens (tertiary/aromatic N) is 2. The predicted molar refractivity (Wildman–Crippen MR) is 110 cm³/mol. The summed E-state index contributed by atoms with van der Waals surface area (Å²) in [6.07, 6.45) is 2.86. The molecule has 1 aliphatic heterocycles. The van der Waals surface area contributed by atoms with Crippen molar-refractivity contribution < 1.29 is 17.6 Å². The van der Waals surface area contributed by atoms with Crippen molar-refractivity contribution in [2.75, 3.05) is 6.54 Å². The smallest absolute Gasteiger partial charge is 0.282 e. The van der Waals surface area contributed by atoms with Crippen LogP contribution in [0.25, 0.3) is 6.08 Å². The zero-order valence-corrected chi connectivity index (χ0v) is 16.6. The molecule has 0 N–H and O–H groups in total. The molecule has 144 valence electrons. The van der Waals surface area contributed by atoms with Crippen molar-refractivity contribution in [2.45, 2.75) is 11.8 Å². The van der Waals surface area contributed by atoms with E-state index in [4.69, 9.17) is 0 Å². The summed E-state index contributed by atoms with van der Waals surface area (Å²) in [5.41, 5.74) is 1.15. The van der Waals surface area contributed by atoms with Gasteiger partial charge in [0.2, 0.25) is 0 Å². The Hall–Kier alpha value is -2.71. The molecule has 1 aliphatic rings. The number of amides is 1. The maximum absolute atomic E-state index is 13.9. The van der Waals surface area contributed by atoms with Crippen LogP contribution in [0.15, 0.2) is 75.4 Å². The van der Waals surface area contributed by atoms with Gasteiger partial charge < -0.3 is 0 Å². The van der Waals surface area contributed by atoms with Crippen molar-refractivity contribution >= 4 is 38.9 Å². The lowest BCUT2D eigenvalue weighted by Gasteiger charge is -2.12. The van der Waals surface area contributed by atoms with E-state index < -0.39 is 21.7 Å². The fourth-order valence-electron chi connectivity index (χ4n) is 2.47. The standard InChI is InChI=1S/C20H17FN2O3S2/c1-3-12-23-19(24)18(13-15-6-4-5-7-17(15)21)27-20(23)22-28(25,26)16-10-8-14(2)9-11-16/h3-11,13H,1,12H2,2H3. The fourth-order valence-corrected chi connectivity index (χ4v) is 4.65. The Balaban J connectivity index is 2.01. The van der Waals surface area contributed by atoms with E-state index in [1.807, 2.05) is 6.92 Å². The first-order valence-electron chi connectivity index (χ1n) is 8.30. The summed E-state index contributed by atoms with van der Waals surface area (Å²) in [5.74, 6) is -0.928.